The Hall–Kier alpha value is -1.26. The van der Waals surface area contributed by atoms with Crippen LogP contribution in [0.1, 0.15) is 32.8 Å². The smallest absolute Gasteiger partial charge is 0.220 e. The van der Waals surface area contributed by atoms with Crippen molar-refractivity contribution in [2.45, 2.75) is 39.2 Å². The van der Waals surface area contributed by atoms with E-state index in [1.54, 1.807) is 7.11 Å². The molecule has 0 saturated heterocycles. The highest BCUT2D eigenvalue weighted by Crippen LogP contribution is 2.22. The second-order valence-corrected chi connectivity index (χ2v) is 5.96. The topological polar surface area (TPSA) is 64.3 Å². The molecule has 0 spiro atoms. The second kappa shape index (κ2) is 8.90. The number of ether oxygens (including phenoxy) is 1. The fraction of sp³-hybridized carbons (Fsp3) is 0.562. The van der Waals surface area contributed by atoms with Gasteiger partial charge >= 0.3 is 0 Å². The van der Waals surface area contributed by atoms with E-state index in [1.807, 2.05) is 38.1 Å². The molecule has 0 fully saturated rings. The number of carbonyl (C=O) groups excluding carboxylic acids is 1. The number of nitrogens with two attached hydrogens (primary N) is 1. The molecule has 1 amide bonds. The van der Waals surface area contributed by atoms with Gasteiger partial charge in [0.25, 0.3) is 0 Å². The van der Waals surface area contributed by atoms with Crippen molar-refractivity contribution >= 4 is 18.3 Å². The number of rotatable bonds is 7. The molecule has 0 saturated carbocycles. The number of halogens is 1. The predicted octanol–water partition coefficient (Wildman–Crippen LogP) is 2.54. The van der Waals surface area contributed by atoms with Gasteiger partial charge in [-0.2, -0.15) is 0 Å². The lowest BCUT2D eigenvalue weighted by molar-refractivity contribution is -0.123. The van der Waals surface area contributed by atoms with Crippen molar-refractivity contribution in [1.29, 1.82) is 0 Å². The molecular formula is C16H27ClN2O2. The Kier molecular flexibility index (Phi) is 8.37. The average Bonchev–Trinajstić information content (AvgIpc) is 2.38. The third-order valence-electron chi connectivity index (χ3n) is 3.28. The molecule has 120 valence electrons. The Balaban J connectivity index is 0.00000400. The first kappa shape index (κ1) is 19.7. The summed E-state index contributed by atoms with van der Waals surface area (Å²) < 4.78 is 5.33. The lowest BCUT2D eigenvalue weighted by Crippen LogP contribution is -2.49. The van der Waals surface area contributed by atoms with Crippen molar-refractivity contribution in [1.82, 2.24) is 5.32 Å². The molecule has 1 aromatic rings. The SMILES string of the molecule is COc1ccccc1CC(C)CC(=O)NC(C)(C)CN.Cl. The highest BCUT2D eigenvalue weighted by atomic mass is 35.5. The summed E-state index contributed by atoms with van der Waals surface area (Å²) in [5.41, 5.74) is 6.40. The fourth-order valence-electron chi connectivity index (χ4n) is 2.12. The minimum Gasteiger partial charge on any atom is -0.496 e. The summed E-state index contributed by atoms with van der Waals surface area (Å²) in [5.74, 6) is 1.17. The van der Waals surface area contributed by atoms with E-state index in [1.165, 1.54) is 0 Å². The first-order valence-electron chi connectivity index (χ1n) is 7.01. The number of benzene rings is 1. The summed E-state index contributed by atoms with van der Waals surface area (Å²) in [6.07, 6.45) is 1.31. The molecule has 4 nitrogen and oxygen atoms in total. The molecule has 21 heavy (non-hydrogen) atoms. The Morgan fingerprint density at radius 2 is 2.00 bits per heavy atom. The van der Waals surface area contributed by atoms with Crippen molar-refractivity contribution in [2.24, 2.45) is 11.7 Å². The highest BCUT2D eigenvalue weighted by molar-refractivity contribution is 5.85. The molecule has 0 aliphatic carbocycles. The van der Waals surface area contributed by atoms with Crippen LogP contribution in [-0.4, -0.2) is 25.1 Å². The molecule has 0 aliphatic rings. The monoisotopic (exact) mass is 314 g/mol. The van der Waals surface area contributed by atoms with E-state index in [2.05, 4.69) is 12.2 Å². The van der Waals surface area contributed by atoms with Crippen LogP contribution in [0.2, 0.25) is 0 Å². The van der Waals surface area contributed by atoms with Crippen LogP contribution in [0.3, 0.4) is 0 Å². The van der Waals surface area contributed by atoms with E-state index in [0.717, 1.165) is 17.7 Å². The van der Waals surface area contributed by atoms with Crippen LogP contribution in [0, 0.1) is 5.92 Å². The van der Waals surface area contributed by atoms with E-state index in [4.69, 9.17) is 10.5 Å². The zero-order chi connectivity index (χ0) is 15.2. The zero-order valence-corrected chi connectivity index (χ0v) is 14.1. The Labute approximate surface area is 133 Å². The van der Waals surface area contributed by atoms with Crippen molar-refractivity contribution < 1.29 is 9.53 Å². The van der Waals surface area contributed by atoms with Gasteiger partial charge in [0, 0.05) is 18.5 Å². The van der Waals surface area contributed by atoms with Gasteiger partial charge in [0.05, 0.1) is 7.11 Å². The quantitative estimate of drug-likeness (QED) is 0.813. The number of amides is 1. The molecular weight excluding hydrogens is 288 g/mol. The third kappa shape index (κ3) is 6.82. The number of nitrogens with one attached hydrogen (secondary N) is 1. The maximum Gasteiger partial charge on any atom is 0.220 e. The van der Waals surface area contributed by atoms with Gasteiger partial charge in [-0.05, 0) is 37.8 Å². The van der Waals surface area contributed by atoms with Gasteiger partial charge in [-0.25, -0.2) is 0 Å². The minimum atomic E-state index is -0.346. The summed E-state index contributed by atoms with van der Waals surface area (Å²) in [5, 5.41) is 2.96. The van der Waals surface area contributed by atoms with Crippen LogP contribution < -0.4 is 15.8 Å². The maximum absolute atomic E-state index is 12.0. The summed E-state index contributed by atoms with van der Waals surface area (Å²) in [4.78, 5) is 12.0. The molecule has 1 unspecified atom stereocenters. The van der Waals surface area contributed by atoms with Crippen LogP contribution in [-0.2, 0) is 11.2 Å². The number of carbonyl (C=O) groups is 1. The van der Waals surface area contributed by atoms with Crippen LogP contribution >= 0.6 is 12.4 Å². The molecule has 1 aromatic carbocycles. The van der Waals surface area contributed by atoms with Crippen LogP contribution in [0.4, 0.5) is 0 Å². The van der Waals surface area contributed by atoms with Gasteiger partial charge in [-0.1, -0.05) is 25.1 Å². The van der Waals surface area contributed by atoms with Gasteiger partial charge < -0.3 is 15.8 Å². The van der Waals surface area contributed by atoms with Crippen molar-refractivity contribution in [3.63, 3.8) is 0 Å². The van der Waals surface area contributed by atoms with E-state index < -0.39 is 0 Å². The molecule has 1 atom stereocenters. The molecule has 0 radical (unpaired) electrons. The predicted molar refractivity (Wildman–Crippen MR) is 89.0 cm³/mol. The summed E-state index contributed by atoms with van der Waals surface area (Å²) in [6.45, 7) is 6.35. The first-order chi connectivity index (χ1) is 9.38. The number of hydrogen-bond acceptors (Lipinski definition) is 3. The molecule has 3 N–H and O–H groups in total. The van der Waals surface area contributed by atoms with Gasteiger partial charge in [0.2, 0.25) is 5.91 Å². The fourth-order valence-corrected chi connectivity index (χ4v) is 2.12. The minimum absolute atomic E-state index is 0. The number of para-hydroxylation sites is 1. The zero-order valence-electron chi connectivity index (χ0n) is 13.3. The van der Waals surface area contributed by atoms with Crippen molar-refractivity contribution in [3.05, 3.63) is 29.8 Å². The molecule has 5 heteroatoms. The van der Waals surface area contributed by atoms with E-state index in [9.17, 15) is 4.79 Å². The Morgan fingerprint density at radius 1 is 1.38 bits per heavy atom. The van der Waals surface area contributed by atoms with Crippen LogP contribution in [0.5, 0.6) is 5.75 Å². The lowest BCUT2D eigenvalue weighted by Gasteiger charge is -2.25. The van der Waals surface area contributed by atoms with Gasteiger partial charge in [0.1, 0.15) is 5.75 Å². The molecule has 0 aromatic heterocycles. The van der Waals surface area contributed by atoms with E-state index in [0.29, 0.717) is 13.0 Å². The summed E-state index contributed by atoms with van der Waals surface area (Å²) in [6, 6.07) is 7.92. The number of hydrogen-bond donors (Lipinski definition) is 2. The van der Waals surface area contributed by atoms with Gasteiger partial charge in [-0.15, -0.1) is 12.4 Å². The van der Waals surface area contributed by atoms with Gasteiger partial charge in [0.15, 0.2) is 0 Å². The first-order valence-corrected chi connectivity index (χ1v) is 7.01. The third-order valence-corrected chi connectivity index (χ3v) is 3.28. The molecule has 0 heterocycles. The normalized spacial score (nSPS) is 12.2. The van der Waals surface area contributed by atoms with Crippen molar-refractivity contribution in [3.8, 4) is 5.75 Å². The highest BCUT2D eigenvalue weighted by Gasteiger charge is 2.20. The second-order valence-electron chi connectivity index (χ2n) is 5.96. The standard InChI is InChI=1S/C16H26N2O2.ClH/c1-12(10-15(19)18-16(2,3)11-17)9-13-7-5-6-8-14(13)20-4;/h5-8,12H,9-11,17H2,1-4H3,(H,18,19);1H. The Bertz CT molecular complexity index is 450. The van der Waals surface area contributed by atoms with E-state index >= 15 is 0 Å². The molecule has 0 bridgehead atoms. The van der Waals surface area contributed by atoms with Crippen LogP contribution in [0.25, 0.3) is 0 Å². The summed E-state index contributed by atoms with van der Waals surface area (Å²) in [7, 11) is 1.67. The lowest BCUT2D eigenvalue weighted by atomic mass is 9.96. The van der Waals surface area contributed by atoms with Crippen LogP contribution in [0.15, 0.2) is 24.3 Å². The largest absolute Gasteiger partial charge is 0.496 e. The average molecular weight is 315 g/mol. The Morgan fingerprint density at radius 3 is 2.57 bits per heavy atom. The van der Waals surface area contributed by atoms with Crippen molar-refractivity contribution in [2.75, 3.05) is 13.7 Å². The summed E-state index contributed by atoms with van der Waals surface area (Å²) >= 11 is 0. The van der Waals surface area contributed by atoms with Gasteiger partial charge in [-0.3, -0.25) is 4.79 Å². The molecule has 1 rings (SSSR count). The van der Waals surface area contributed by atoms with E-state index in [-0.39, 0.29) is 29.8 Å². The maximum atomic E-state index is 12.0. The molecule has 0 aliphatic heterocycles. The number of methoxy groups -OCH3 is 1.